The predicted molar refractivity (Wildman–Crippen MR) is 63.3 cm³/mol. The molecule has 0 aromatic carbocycles. The molecule has 0 amide bonds. The predicted octanol–water partition coefficient (Wildman–Crippen LogP) is 4.20. The Kier molecular flexibility index (Phi) is 3.07. The molecule has 13 heavy (non-hydrogen) atoms. The molecular formula is C12H24S. The SMILES string of the molecule is CC(C)(C)C1CCSC1C(C)(C)C. The average molecular weight is 200 g/mol. The summed E-state index contributed by atoms with van der Waals surface area (Å²) in [6.45, 7) is 14.3. The summed E-state index contributed by atoms with van der Waals surface area (Å²) in [6.07, 6.45) is 1.41. The van der Waals surface area contributed by atoms with E-state index in [9.17, 15) is 0 Å². The smallest absolute Gasteiger partial charge is 0.0129 e. The highest BCUT2D eigenvalue weighted by Gasteiger charge is 2.42. The first-order chi connectivity index (χ1) is 5.73. The number of thioether (sulfide) groups is 1. The maximum atomic E-state index is 2.39. The van der Waals surface area contributed by atoms with E-state index in [1.54, 1.807) is 0 Å². The first kappa shape index (κ1) is 11.4. The molecule has 0 spiro atoms. The second kappa shape index (κ2) is 3.49. The van der Waals surface area contributed by atoms with Crippen LogP contribution in [0, 0.1) is 16.7 Å². The van der Waals surface area contributed by atoms with Crippen LogP contribution in [0.15, 0.2) is 0 Å². The topological polar surface area (TPSA) is 0 Å². The Balaban J connectivity index is 2.76. The highest BCUT2D eigenvalue weighted by molar-refractivity contribution is 8.00. The minimum Gasteiger partial charge on any atom is -0.158 e. The van der Waals surface area contributed by atoms with Crippen molar-refractivity contribution in [1.82, 2.24) is 0 Å². The maximum absolute atomic E-state index is 2.39. The highest BCUT2D eigenvalue weighted by atomic mass is 32.2. The number of rotatable bonds is 0. The molecule has 2 unspecified atom stereocenters. The summed E-state index contributed by atoms with van der Waals surface area (Å²) < 4.78 is 0. The van der Waals surface area contributed by atoms with Crippen LogP contribution in [0.25, 0.3) is 0 Å². The summed E-state index contributed by atoms with van der Waals surface area (Å²) in [5.74, 6) is 2.27. The molecule has 0 aromatic heterocycles. The average Bonchev–Trinajstić information content (AvgIpc) is 2.27. The zero-order valence-corrected chi connectivity index (χ0v) is 10.8. The molecule has 0 aliphatic carbocycles. The fourth-order valence-corrected chi connectivity index (χ4v) is 4.25. The third-order valence-electron chi connectivity index (χ3n) is 3.06. The second-order valence-corrected chi connectivity index (χ2v) is 7.67. The summed E-state index contributed by atoms with van der Waals surface area (Å²) in [6, 6.07) is 0. The molecule has 0 nitrogen and oxygen atoms in total. The van der Waals surface area contributed by atoms with Gasteiger partial charge >= 0.3 is 0 Å². The Hall–Kier alpha value is 0.350. The van der Waals surface area contributed by atoms with Gasteiger partial charge in [-0.3, -0.25) is 0 Å². The van der Waals surface area contributed by atoms with Crippen LogP contribution in [0.2, 0.25) is 0 Å². The molecule has 2 atom stereocenters. The van der Waals surface area contributed by atoms with Gasteiger partial charge in [-0.25, -0.2) is 0 Å². The first-order valence-electron chi connectivity index (χ1n) is 5.34. The Bertz CT molecular complexity index is 151. The van der Waals surface area contributed by atoms with Crippen LogP contribution < -0.4 is 0 Å². The molecule has 1 aliphatic rings. The Morgan fingerprint density at radius 3 is 1.77 bits per heavy atom. The van der Waals surface area contributed by atoms with Gasteiger partial charge in [0, 0.05) is 5.25 Å². The molecule has 1 aliphatic heterocycles. The van der Waals surface area contributed by atoms with Crippen LogP contribution in [-0.4, -0.2) is 11.0 Å². The van der Waals surface area contributed by atoms with Crippen molar-refractivity contribution in [3.05, 3.63) is 0 Å². The van der Waals surface area contributed by atoms with Gasteiger partial charge in [0.15, 0.2) is 0 Å². The van der Waals surface area contributed by atoms with E-state index < -0.39 is 0 Å². The zero-order valence-electron chi connectivity index (χ0n) is 9.98. The summed E-state index contributed by atoms with van der Waals surface area (Å²) in [7, 11) is 0. The minimum absolute atomic E-state index is 0.471. The molecule has 78 valence electrons. The number of hydrogen-bond acceptors (Lipinski definition) is 1. The molecule has 1 saturated heterocycles. The lowest BCUT2D eigenvalue weighted by molar-refractivity contribution is 0.181. The summed E-state index contributed by atoms with van der Waals surface area (Å²) in [5, 5.41) is 0.854. The van der Waals surface area contributed by atoms with Crippen molar-refractivity contribution in [3.8, 4) is 0 Å². The van der Waals surface area contributed by atoms with Crippen LogP contribution in [0.3, 0.4) is 0 Å². The third kappa shape index (κ3) is 2.65. The molecule has 0 saturated carbocycles. The van der Waals surface area contributed by atoms with Gasteiger partial charge < -0.3 is 0 Å². The van der Waals surface area contributed by atoms with Gasteiger partial charge in [-0.1, -0.05) is 41.5 Å². The van der Waals surface area contributed by atoms with Crippen molar-refractivity contribution in [2.24, 2.45) is 16.7 Å². The maximum Gasteiger partial charge on any atom is 0.0129 e. The Morgan fingerprint density at radius 1 is 0.923 bits per heavy atom. The van der Waals surface area contributed by atoms with Crippen molar-refractivity contribution < 1.29 is 0 Å². The van der Waals surface area contributed by atoms with Crippen molar-refractivity contribution in [2.75, 3.05) is 5.75 Å². The standard InChI is InChI=1S/C12H24S/c1-11(2,3)9-7-8-13-10(9)12(4,5)6/h9-10H,7-8H2,1-6H3. The van der Waals surface area contributed by atoms with Crippen LogP contribution >= 0.6 is 11.8 Å². The van der Waals surface area contributed by atoms with Crippen LogP contribution in [-0.2, 0) is 0 Å². The van der Waals surface area contributed by atoms with Crippen LogP contribution in [0.5, 0.6) is 0 Å². The van der Waals surface area contributed by atoms with Gasteiger partial charge in [0.2, 0.25) is 0 Å². The van der Waals surface area contributed by atoms with Gasteiger partial charge in [-0.15, -0.1) is 0 Å². The Labute approximate surface area is 87.9 Å². The quantitative estimate of drug-likeness (QED) is 0.565. The van der Waals surface area contributed by atoms with Crippen molar-refractivity contribution in [2.45, 2.75) is 53.2 Å². The summed E-state index contributed by atoms with van der Waals surface area (Å²) in [4.78, 5) is 0. The fourth-order valence-electron chi connectivity index (χ4n) is 2.33. The van der Waals surface area contributed by atoms with E-state index in [0.29, 0.717) is 10.8 Å². The minimum atomic E-state index is 0.471. The molecule has 1 heterocycles. The molecule has 0 aromatic rings. The molecule has 1 rings (SSSR count). The molecule has 0 N–H and O–H groups in total. The van der Waals surface area contributed by atoms with E-state index in [2.05, 4.69) is 53.3 Å². The van der Waals surface area contributed by atoms with Gasteiger partial charge in [0.05, 0.1) is 0 Å². The van der Waals surface area contributed by atoms with E-state index in [1.165, 1.54) is 12.2 Å². The third-order valence-corrected chi connectivity index (χ3v) is 4.92. The van der Waals surface area contributed by atoms with Crippen molar-refractivity contribution in [1.29, 1.82) is 0 Å². The lowest BCUT2D eigenvalue weighted by atomic mass is 9.71. The monoisotopic (exact) mass is 200 g/mol. The molecule has 1 fully saturated rings. The van der Waals surface area contributed by atoms with Crippen molar-refractivity contribution >= 4 is 11.8 Å². The normalized spacial score (nSPS) is 30.9. The molecule has 0 bridgehead atoms. The van der Waals surface area contributed by atoms with E-state index in [4.69, 9.17) is 0 Å². The molecular weight excluding hydrogens is 176 g/mol. The molecule has 1 heteroatoms. The second-order valence-electron chi connectivity index (χ2n) is 6.42. The van der Waals surface area contributed by atoms with E-state index in [-0.39, 0.29) is 0 Å². The summed E-state index contributed by atoms with van der Waals surface area (Å²) >= 11 is 2.18. The lowest BCUT2D eigenvalue weighted by Gasteiger charge is -2.38. The number of hydrogen-bond donors (Lipinski definition) is 0. The largest absolute Gasteiger partial charge is 0.158 e. The van der Waals surface area contributed by atoms with E-state index in [0.717, 1.165) is 11.2 Å². The van der Waals surface area contributed by atoms with Gasteiger partial charge in [-0.05, 0) is 28.9 Å². The first-order valence-corrected chi connectivity index (χ1v) is 6.39. The van der Waals surface area contributed by atoms with Gasteiger partial charge in [0.1, 0.15) is 0 Å². The Morgan fingerprint density at radius 2 is 1.46 bits per heavy atom. The lowest BCUT2D eigenvalue weighted by Crippen LogP contribution is -2.35. The van der Waals surface area contributed by atoms with E-state index >= 15 is 0 Å². The van der Waals surface area contributed by atoms with Gasteiger partial charge in [0.25, 0.3) is 0 Å². The highest BCUT2D eigenvalue weighted by Crippen LogP contribution is 2.49. The fraction of sp³-hybridized carbons (Fsp3) is 1.00. The zero-order chi connectivity index (χ0) is 10.3. The summed E-state index contributed by atoms with van der Waals surface area (Å²) in [5.41, 5.74) is 0.959. The van der Waals surface area contributed by atoms with E-state index in [1.807, 2.05) is 0 Å². The van der Waals surface area contributed by atoms with Crippen LogP contribution in [0.4, 0.5) is 0 Å². The van der Waals surface area contributed by atoms with Crippen molar-refractivity contribution in [3.63, 3.8) is 0 Å². The molecule has 0 radical (unpaired) electrons. The van der Waals surface area contributed by atoms with Gasteiger partial charge in [-0.2, -0.15) is 11.8 Å². The van der Waals surface area contributed by atoms with Crippen LogP contribution in [0.1, 0.15) is 48.0 Å².